The number of halogens is 1. The molecular formula is C22H24ClNO6. The lowest BCUT2D eigenvalue weighted by Crippen LogP contribution is -2.43. The van der Waals surface area contributed by atoms with Crippen molar-refractivity contribution in [3.05, 3.63) is 52.5 Å². The number of methoxy groups -OCH3 is 3. The minimum absolute atomic E-state index is 0.0334. The highest BCUT2D eigenvalue weighted by Crippen LogP contribution is 2.39. The number of hydrogen-bond donors (Lipinski definition) is 0. The molecule has 0 spiro atoms. The molecule has 8 heteroatoms. The van der Waals surface area contributed by atoms with Crippen LogP contribution in [0.4, 0.5) is 0 Å². The van der Waals surface area contributed by atoms with E-state index >= 15 is 0 Å². The van der Waals surface area contributed by atoms with E-state index in [1.807, 2.05) is 12.1 Å². The highest BCUT2D eigenvalue weighted by atomic mass is 35.5. The van der Waals surface area contributed by atoms with E-state index in [-0.39, 0.29) is 18.9 Å². The number of esters is 1. The molecule has 1 heterocycles. The summed E-state index contributed by atoms with van der Waals surface area (Å²) in [5.41, 5.74) is 1.84. The smallest absolute Gasteiger partial charge is 0.307 e. The zero-order valence-corrected chi connectivity index (χ0v) is 17.9. The Balaban J connectivity index is 1.85. The molecule has 0 saturated carbocycles. The van der Waals surface area contributed by atoms with Crippen LogP contribution in [-0.2, 0) is 20.7 Å². The molecule has 30 heavy (non-hydrogen) atoms. The number of fused-ring (bicyclic) bond motifs is 1. The summed E-state index contributed by atoms with van der Waals surface area (Å²) in [5.74, 6) is 1.07. The maximum atomic E-state index is 13.0. The molecule has 2 aromatic rings. The van der Waals surface area contributed by atoms with Crippen LogP contribution in [0.15, 0.2) is 36.4 Å². The average molecular weight is 434 g/mol. The molecule has 160 valence electrons. The van der Waals surface area contributed by atoms with Gasteiger partial charge < -0.3 is 23.8 Å². The minimum Gasteiger partial charge on any atom is -0.493 e. The first-order valence-corrected chi connectivity index (χ1v) is 9.84. The van der Waals surface area contributed by atoms with Gasteiger partial charge in [-0.3, -0.25) is 9.59 Å². The van der Waals surface area contributed by atoms with Crippen molar-refractivity contribution in [1.82, 2.24) is 4.90 Å². The van der Waals surface area contributed by atoms with E-state index in [0.717, 1.165) is 11.1 Å². The van der Waals surface area contributed by atoms with Gasteiger partial charge in [-0.1, -0.05) is 11.6 Å². The Morgan fingerprint density at radius 3 is 2.37 bits per heavy atom. The highest BCUT2D eigenvalue weighted by molar-refractivity contribution is 6.30. The van der Waals surface area contributed by atoms with Crippen LogP contribution in [0, 0.1) is 0 Å². The number of ether oxygens (including phenoxy) is 4. The monoisotopic (exact) mass is 433 g/mol. The second kappa shape index (κ2) is 9.71. The zero-order valence-electron chi connectivity index (χ0n) is 17.1. The lowest BCUT2D eigenvalue weighted by atomic mass is 9.90. The summed E-state index contributed by atoms with van der Waals surface area (Å²) in [6, 6.07) is 10.0. The molecule has 1 amide bonds. The number of benzene rings is 2. The first kappa shape index (κ1) is 21.8. The van der Waals surface area contributed by atoms with E-state index in [0.29, 0.717) is 35.2 Å². The number of carbonyl (C=O) groups excluding carboxylic acids is 2. The predicted octanol–water partition coefficient (Wildman–Crippen LogP) is 3.43. The molecule has 0 saturated heterocycles. The molecule has 1 aliphatic heterocycles. The standard InChI is InChI=1S/C22H24ClNO6/c1-27-19-10-14-8-9-24(21(25)13-30-16-6-4-15(23)5-7-16)18(12-22(26)29-3)17(14)11-20(19)28-2/h4-7,10-11,18H,8-9,12-13H2,1-3H3. The Labute approximate surface area is 180 Å². The summed E-state index contributed by atoms with van der Waals surface area (Å²) in [5, 5.41) is 0.587. The summed E-state index contributed by atoms with van der Waals surface area (Å²) in [7, 11) is 4.45. The second-order valence-electron chi connectivity index (χ2n) is 6.78. The molecule has 1 unspecified atom stereocenters. The summed E-state index contributed by atoms with van der Waals surface area (Å²) < 4.78 is 21.3. The summed E-state index contributed by atoms with van der Waals surface area (Å²) in [6.45, 7) is 0.300. The van der Waals surface area contributed by atoms with Crippen molar-refractivity contribution in [3.63, 3.8) is 0 Å². The first-order valence-electron chi connectivity index (χ1n) is 9.46. The van der Waals surface area contributed by atoms with Crippen LogP contribution in [-0.4, -0.2) is 51.3 Å². The van der Waals surface area contributed by atoms with Gasteiger partial charge in [-0.05, 0) is 53.9 Å². The Bertz CT molecular complexity index is 915. The molecule has 0 fully saturated rings. The van der Waals surface area contributed by atoms with Crippen molar-refractivity contribution >= 4 is 23.5 Å². The van der Waals surface area contributed by atoms with Crippen LogP contribution in [0.3, 0.4) is 0 Å². The Morgan fingerprint density at radius 1 is 1.07 bits per heavy atom. The van der Waals surface area contributed by atoms with E-state index in [1.165, 1.54) is 7.11 Å². The molecule has 0 N–H and O–H groups in total. The average Bonchev–Trinajstić information content (AvgIpc) is 2.77. The minimum atomic E-state index is -0.484. The lowest BCUT2D eigenvalue weighted by Gasteiger charge is -2.37. The van der Waals surface area contributed by atoms with E-state index in [2.05, 4.69) is 0 Å². The molecular weight excluding hydrogens is 410 g/mol. The maximum absolute atomic E-state index is 13.0. The molecule has 0 bridgehead atoms. The molecule has 3 rings (SSSR count). The van der Waals surface area contributed by atoms with Gasteiger partial charge in [-0.25, -0.2) is 0 Å². The first-order chi connectivity index (χ1) is 14.5. The molecule has 7 nitrogen and oxygen atoms in total. The van der Waals surface area contributed by atoms with Crippen LogP contribution >= 0.6 is 11.6 Å². The molecule has 1 aliphatic rings. The Hall–Kier alpha value is -2.93. The fourth-order valence-corrected chi connectivity index (χ4v) is 3.67. The van der Waals surface area contributed by atoms with Crippen LogP contribution < -0.4 is 14.2 Å². The predicted molar refractivity (Wildman–Crippen MR) is 111 cm³/mol. The van der Waals surface area contributed by atoms with Gasteiger partial charge in [-0.2, -0.15) is 0 Å². The van der Waals surface area contributed by atoms with Gasteiger partial charge in [0, 0.05) is 11.6 Å². The SMILES string of the molecule is COC(=O)CC1c2cc(OC)c(OC)cc2CCN1C(=O)COc1ccc(Cl)cc1. The molecule has 0 radical (unpaired) electrons. The van der Waals surface area contributed by atoms with Gasteiger partial charge in [0.1, 0.15) is 5.75 Å². The number of carbonyl (C=O) groups is 2. The summed E-state index contributed by atoms with van der Waals surface area (Å²) in [6.07, 6.45) is 0.658. The Morgan fingerprint density at radius 2 is 1.73 bits per heavy atom. The van der Waals surface area contributed by atoms with Crippen molar-refractivity contribution in [2.24, 2.45) is 0 Å². The van der Waals surface area contributed by atoms with Gasteiger partial charge in [-0.15, -0.1) is 0 Å². The van der Waals surface area contributed by atoms with Gasteiger partial charge in [0.15, 0.2) is 18.1 Å². The maximum Gasteiger partial charge on any atom is 0.307 e. The third kappa shape index (κ3) is 4.79. The normalized spacial score (nSPS) is 15.2. The van der Waals surface area contributed by atoms with Crippen LogP contribution in [0.2, 0.25) is 5.02 Å². The largest absolute Gasteiger partial charge is 0.493 e. The summed E-state index contributed by atoms with van der Waals surface area (Å²) >= 11 is 5.88. The van der Waals surface area contributed by atoms with Gasteiger partial charge in [0.05, 0.1) is 33.8 Å². The van der Waals surface area contributed by atoms with E-state index < -0.39 is 12.0 Å². The van der Waals surface area contributed by atoms with Crippen molar-refractivity contribution in [1.29, 1.82) is 0 Å². The quantitative estimate of drug-likeness (QED) is 0.623. The summed E-state index contributed by atoms with van der Waals surface area (Å²) in [4.78, 5) is 26.7. The second-order valence-corrected chi connectivity index (χ2v) is 7.22. The van der Waals surface area contributed by atoms with Crippen molar-refractivity contribution in [3.8, 4) is 17.2 Å². The third-order valence-electron chi connectivity index (χ3n) is 5.09. The van der Waals surface area contributed by atoms with E-state index in [1.54, 1.807) is 43.4 Å². The van der Waals surface area contributed by atoms with Gasteiger partial charge >= 0.3 is 5.97 Å². The number of nitrogens with zero attached hydrogens (tertiary/aromatic N) is 1. The fourth-order valence-electron chi connectivity index (χ4n) is 3.55. The van der Waals surface area contributed by atoms with Crippen LogP contribution in [0.1, 0.15) is 23.6 Å². The topological polar surface area (TPSA) is 74.3 Å². The lowest BCUT2D eigenvalue weighted by molar-refractivity contribution is -0.144. The third-order valence-corrected chi connectivity index (χ3v) is 5.34. The van der Waals surface area contributed by atoms with Crippen molar-refractivity contribution in [2.75, 3.05) is 34.5 Å². The van der Waals surface area contributed by atoms with Crippen LogP contribution in [0.25, 0.3) is 0 Å². The van der Waals surface area contributed by atoms with Crippen molar-refractivity contribution < 1.29 is 28.5 Å². The fraction of sp³-hybridized carbons (Fsp3) is 0.364. The zero-order chi connectivity index (χ0) is 21.7. The van der Waals surface area contributed by atoms with E-state index in [4.69, 9.17) is 30.5 Å². The van der Waals surface area contributed by atoms with Crippen molar-refractivity contribution in [2.45, 2.75) is 18.9 Å². The van der Waals surface area contributed by atoms with Gasteiger partial charge in [0.2, 0.25) is 0 Å². The van der Waals surface area contributed by atoms with E-state index in [9.17, 15) is 9.59 Å². The Kier molecular flexibility index (Phi) is 7.05. The van der Waals surface area contributed by atoms with Gasteiger partial charge in [0.25, 0.3) is 5.91 Å². The number of hydrogen-bond acceptors (Lipinski definition) is 6. The molecule has 0 aliphatic carbocycles. The highest BCUT2D eigenvalue weighted by Gasteiger charge is 2.34. The molecule has 1 atom stereocenters. The van der Waals surface area contributed by atoms with Crippen LogP contribution in [0.5, 0.6) is 17.2 Å². The number of rotatable bonds is 7. The number of amides is 1. The molecule has 0 aromatic heterocycles. The molecule has 2 aromatic carbocycles.